The van der Waals surface area contributed by atoms with E-state index in [1.54, 1.807) is 0 Å². The fourth-order valence-corrected chi connectivity index (χ4v) is 4.42. The fraction of sp³-hybridized carbons (Fsp3) is 0.227. The predicted octanol–water partition coefficient (Wildman–Crippen LogP) is 4.19. The molecule has 0 aliphatic carbocycles. The molecule has 0 bridgehead atoms. The van der Waals surface area contributed by atoms with E-state index in [1.165, 1.54) is 11.8 Å². The third-order valence-corrected chi connectivity index (χ3v) is 6.10. The lowest BCUT2D eigenvalue weighted by atomic mass is 10.2. The van der Waals surface area contributed by atoms with Crippen LogP contribution in [0.1, 0.15) is 24.7 Å². The molecular weight excluding hydrogens is 428 g/mol. The van der Waals surface area contributed by atoms with Gasteiger partial charge in [-0.05, 0) is 25.1 Å². The first-order valence-electron chi connectivity index (χ1n) is 10.3. The van der Waals surface area contributed by atoms with Gasteiger partial charge in [-0.15, -0.1) is 10.2 Å². The second-order valence-corrected chi connectivity index (χ2v) is 8.17. The van der Waals surface area contributed by atoms with E-state index >= 15 is 0 Å². The zero-order valence-electron chi connectivity index (χ0n) is 17.1. The molecular formula is C22H18N6O3S. The average Bonchev–Trinajstić information content (AvgIpc) is 3.44. The van der Waals surface area contributed by atoms with Crippen molar-refractivity contribution in [2.24, 2.45) is 0 Å². The Balaban J connectivity index is 1.20. The van der Waals surface area contributed by atoms with Crippen molar-refractivity contribution in [2.45, 2.75) is 30.5 Å². The van der Waals surface area contributed by atoms with Crippen LogP contribution in [0, 0.1) is 0 Å². The summed E-state index contributed by atoms with van der Waals surface area (Å²) in [5.74, 6) is 2.75. The molecule has 1 atom stereocenters. The summed E-state index contributed by atoms with van der Waals surface area (Å²) in [4.78, 5) is 9.21. The molecule has 1 unspecified atom stereocenters. The summed E-state index contributed by atoms with van der Waals surface area (Å²) < 4.78 is 19.2. The maximum atomic E-state index is 5.93. The van der Waals surface area contributed by atoms with Crippen LogP contribution < -0.4 is 9.47 Å². The van der Waals surface area contributed by atoms with Gasteiger partial charge in [-0.1, -0.05) is 47.3 Å². The van der Waals surface area contributed by atoms with E-state index in [2.05, 4.69) is 37.9 Å². The molecule has 5 aromatic rings. The summed E-state index contributed by atoms with van der Waals surface area (Å²) in [6, 6.07) is 15.6. The van der Waals surface area contributed by atoms with Crippen molar-refractivity contribution >= 4 is 33.8 Å². The quantitative estimate of drug-likeness (QED) is 0.368. The fourth-order valence-electron chi connectivity index (χ4n) is 3.80. The van der Waals surface area contributed by atoms with Crippen LogP contribution in [0.3, 0.4) is 0 Å². The number of thioether (sulfide) groups is 1. The molecule has 4 heterocycles. The number of hydrogen-bond donors (Lipinski definition) is 0. The largest absolute Gasteiger partial charge is 0.485 e. The van der Waals surface area contributed by atoms with Crippen molar-refractivity contribution in [1.29, 1.82) is 0 Å². The van der Waals surface area contributed by atoms with Gasteiger partial charge in [0.25, 0.3) is 5.89 Å². The molecule has 10 heteroatoms. The third-order valence-electron chi connectivity index (χ3n) is 5.27. The predicted molar refractivity (Wildman–Crippen MR) is 118 cm³/mol. The van der Waals surface area contributed by atoms with Crippen LogP contribution in [-0.4, -0.2) is 36.5 Å². The highest BCUT2D eigenvalue weighted by atomic mass is 32.2. The Hall–Kier alpha value is -3.66. The third kappa shape index (κ3) is 3.23. The molecule has 0 N–H and O–H groups in total. The Labute approximate surface area is 186 Å². The van der Waals surface area contributed by atoms with Crippen LogP contribution in [-0.2, 0) is 12.3 Å². The van der Waals surface area contributed by atoms with E-state index in [9.17, 15) is 0 Å². The van der Waals surface area contributed by atoms with Gasteiger partial charge >= 0.3 is 0 Å². The van der Waals surface area contributed by atoms with Crippen molar-refractivity contribution in [3.8, 4) is 11.5 Å². The first-order chi connectivity index (χ1) is 15.8. The van der Waals surface area contributed by atoms with Crippen LogP contribution in [0.4, 0.5) is 0 Å². The van der Waals surface area contributed by atoms with Crippen molar-refractivity contribution < 1.29 is 14.0 Å². The van der Waals surface area contributed by atoms with Gasteiger partial charge in [0, 0.05) is 11.9 Å². The van der Waals surface area contributed by atoms with E-state index in [0.717, 1.165) is 28.6 Å². The summed E-state index contributed by atoms with van der Waals surface area (Å²) in [6.07, 6.45) is -0.439. The monoisotopic (exact) mass is 446 g/mol. The van der Waals surface area contributed by atoms with E-state index in [-0.39, 0.29) is 0 Å². The SMILES string of the molecule is CCn1c2ccccc2c2nnc(SCc3noc(C4COc5ccccc5O4)n3)nc21. The summed E-state index contributed by atoms with van der Waals surface area (Å²) >= 11 is 1.41. The number of aryl methyl sites for hydroxylation is 1. The number of ether oxygens (including phenoxy) is 2. The smallest absolute Gasteiger partial charge is 0.271 e. The Bertz CT molecular complexity index is 1430. The minimum Gasteiger partial charge on any atom is -0.485 e. The molecule has 6 rings (SSSR count). The van der Waals surface area contributed by atoms with Crippen molar-refractivity contribution in [2.75, 3.05) is 6.61 Å². The molecule has 0 amide bonds. The Morgan fingerprint density at radius 2 is 1.88 bits per heavy atom. The number of para-hydroxylation sites is 3. The molecule has 0 fully saturated rings. The minimum absolute atomic E-state index is 0.317. The van der Waals surface area contributed by atoms with Crippen LogP contribution in [0.2, 0.25) is 0 Å². The maximum Gasteiger partial charge on any atom is 0.271 e. The first-order valence-corrected chi connectivity index (χ1v) is 11.2. The first kappa shape index (κ1) is 19.1. The second kappa shape index (κ2) is 7.79. The van der Waals surface area contributed by atoms with E-state index in [1.807, 2.05) is 42.5 Å². The zero-order valence-corrected chi connectivity index (χ0v) is 18.0. The van der Waals surface area contributed by atoms with Crippen LogP contribution in [0.25, 0.3) is 22.1 Å². The number of benzene rings is 2. The molecule has 0 saturated heterocycles. The number of rotatable bonds is 5. The molecule has 1 aliphatic rings. The standard InChI is InChI=1S/C22H18N6O3S/c1-2-28-14-8-4-3-7-13(14)19-20(28)24-22(26-25-19)32-12-18-23-21(31-27-18)17-11-29-15-9-5-6-10-16(15)30-17/h3-10,17H,2,11-12H2,1H3. The number of aromatic nitrogens is 6. The maximum absolute atomic E-state index is 5.93. The molecule has 2 aromatic carbocycles. The molecule has 0 spiro atoms. The lowest BCUT2D eigenvalue weighted by Crippen LogP contribution is -2.21. The molecule has 160 valence electrons. The molecule has 0 saturated carbocycles. The molecule has 3 aromatic heterocycles. The van der Waals surface area contributed by atoms with Crippen LogP contribution in [0.15, 0.2) is 58.2 Å². The summed E-state index contributed by atoms with van der Waals surface area (Å²) in [7, 11) is 0. The molecule has 0 radical (unpaired) electrons. The molecule has 32 heavy (non-hydrogen) atoms. The normalized spacial score (nSPS) is 15.5. The average molecular weight is 446 g/mol. The van der Waals surface area contributed by atoms with Gasteiger partial charge < -0.3 is 18.6 Å². The number of fused-ring (bicyclic) bond motifs is 4. The highest BCUT2D eigenvalue weighted by Crippen LogP contribution is 2.35. The van der Waals surface area contributed by atoms with Gasteiger partial charge in [-0.3, -0.25) is 0 Å². The number of hydrogen-bond acceptors (Lipinski definition) is 9. The Morgan fingerprint density at radius 3 is 2.78 bits per heavy atom. The lowest BCUT2D eigenvalue weighted by molar-refractivity contribution is 0.0665. The Morgan fingerprint density at radius 1 is 1.03 bits per heavy atom. The topological polar surface area (TPSA) is 101 Å². The highest BCUT2D eigenvalue weighted by Gasteiger charge is 2.27. The van der Waals surface area contributed by atoms with Crippen LogP contribution >= 0.6 is 11.8 Å². The van der Waals surface area contributed by atoms with Gasteiger partial charge in [0.1, 0.15) is 12.1 Å². The molecule has 1 aliphatic heterocycles. The van der Waals surface area contributed by atoms with E-state index < -0.39 is 6.10 Å². The summed E-state index contributed by atoms with van der Waals surface area (Å²) in [5.41, 5.74) is 2.74. The van der Waals surface area contributed by atoms with Crippen LogP contribution in [0.5, 0.6) is 11.5 Å². The van der Waals surface area contributed by atoms with Gasteiger partial charge in [0.15, 0.2) is 23.0 Å². The van der Waals surface area contributed by atoms with E-state index in [0.29, 0.717) is 40.7 Å². The Kier molecular flexibility index (Phi) is 4.64. The minimum atomic E-state index is -0.439. The molecule has 9 nitrogen and oxygen atoms in total. The van der Waals surface area contributed by atoms with Gasteiger partial charge in [0.2, 0.25) is 11.3 Å². The lowest BCUT2D eigenvalue weighted by Gasteiger charge is -2.23. The van der Waals surface area contributed by atoms with Crippen molar-refractivity contribution in [1.82, 2.24) is 29.9 Å². The summed E-state index contributed by atoms with van der Waals surface area (Å²) in [6.45, 7) is 3.21. The van der Waals surface area contributed by atoms with Gasteiger partial charge in [-0.2, -0.15) is 4.98 Å². The number of nitrogens with zero attached hydrogens (tertiary/aromatic N) is 6. The highest BCUT2D eigenvalue weighted by molar-refractivity contribution is 7.98. The summed E-state index contributed by atoms with van der Waals surface area (Å²) in [5, 5.41) is 14.4. The van der Waals surface area contributed by atoms with Gasteiger partial charge in [0.05, 0.1) is 11.3 Å². The van der Waals surface area contributed by atoms with E-state index in [4.69, 9.17) is 19.0 Å². The van der Waals surface area contributed by atoms with Crippen molar-refractivity contribution in [3.63, 3.8) is 0 Å². The zero-order chi connectivity index (χ0) is 21.5. The van der Waals surface area contributed by atoms with Gasteiger partial charge in [-0.25, -0.2) is 4.98 Å². The second-order valence-electron chi connectivity index (χ2n) is 7.23. The van der Waals surface area contributed by atoms with Crippen molar-refractivity contribution in [3.05, 3.63) is 60.2 Å².